The second-order valence-electron chi connectivity index (χ2n) is 7.22. The van der Waals surface area contributed by atoms with Gasteiger partial charge < -0.3 is 15.2 Å². The summed E-state index contributed by atoms with van der Waals surface area (Å²) in [6, 6.07) is 10.5. The highest BCUT2D eigenvalue weighted by Crippen LogP contribution is 2.21. The number of aliphatic imine (C=N–C) groups is 1. The molecule has 2 heterocycles. The first-order valence-corrected chi connectivity index (χ1v) is 11.2. The van der Waals surface area contributed by atoms with Gasteiger partial charge in [0.05, 0.1) is 0 Å². The molecule has 1 aliphatic rings. The van der Waals surface area contributed by atoms with Crippen molar-refractivity contribution in [3.05, 3.63) is 42.0 Å². The number of thioether (sulfide) groups is 1. The molecule has 7 heteroatoms. The molecule has 0 saturated heterocycles. The van der Waals surface area contributed by atoms with Gasteiger partial charge in [0.2, 0.25) is 0 Å². The minimum absolute atomic E-state index is 0.465. The first-order valence-electron chi connectivity index (χ1n) is 10.3. The predicted octanol–water partition coefficient (Wildman–Crippen LogP) is 3.28. The van der Waals surface area contributed by atoms with Crippen molar-refractivity contribution in [3.63, 3.8) is 0 Å². The van der Waals surface area contributed by atoms with E-state index in [9.17, 15) is 0 Å². The van der Waals surface area contributed by atoms with Gasteiger partial charge in [-0.2, -0.15) is 0 Å². The molecule has 0 aliphatic carbocycles. The summed E-state index contributed by atoms with van der Waals surface area (Å²) in [4.78, 5) is 5.63. The molecule has 0 fully saturated rings. The number of aromatic nitrogens is 3. The fourth-order valence-corrected chi connectivity index (χ4v) is 4.36. The van der Waals surface area contributed by atoms with Crippen molar-refractivity contribution in [2.24, 2.45) is 4.99 Å². The Morgan fingerprint density at radius 3 is 2.86 bits per heavy atom. The van der Waals surface area contributed by atoms with Crippen LogP contribution in [-0.2, 0) is 19.4 Å². The van der Waals surface area contributed by atoms with Crippen LogP contribution in [0.1, 0.15) is 44.3 Å². The number of hydrogen-bond donors (Lipinski definition) is 2. The molecule has 3 rings (SSSR count). The van der Waals surface area contributed by atoms with E-state index in [0.29, 0.717) is 5.25 Å². The summed E-state index contributed by atoms with van der Waals surface area (Å²) in [5.74, 6) is 3.16. The number of benzene rings is 1. The Morgan fingerprint density at radius 2 is 2.04 bits per heavy atom. The van der Waals surface area contributed by atoms with Gasteiger partial charge in [-0.05, 0) is 31.4 Å². The van der Waals surface area contributed by atoms with E-state index in [0.717, 1.165) is 50.7 Å². The quantitative estimate of drug-likeness (QED) is 0.308. The first-order chi connectivity index (χ1) is 13.8. The summed E-state index contributed by atoms with van der Waals surface area (Å²) in [7, 11) is 1.82. The maximum absolute atomic E-state index is 4.41. The van der Waals surface area contributed by atoms with Crippen LogP contribution in [0.4, 0.5) is 0 Å². The second-order valence-corrected chi connectivity index (χ2v) is 8.73. The number of hydrogen-bond acceptors (Lipinski definition) is 4. The fraction of sp³-hybridized carbons (Fsp3) is 0.571. The third-order valence-corrected chi connectivity index (χ3v) is 6.03. The molecule has 2 N–H and O–H groups in total. The lowest BCUT2D eigenvalue weighted by Gasteiger charge is -2.16. The van der Waals surface area contributed by atoms with E-state index in [2.05, 4.69) is 67.6 Å². The van der Waals surface area contributed by atoms with Gasteiger partial charge in [0, 0.05) is 49.7 Å². The molecule has 0 amide bonds. The summed E-state index contributed by atoms with van der Waals surface area (Å²) < 4.78 is 2.34. The van der Waals surface area contributed by atoms with Crippen molar-refractivity contribution in [1.82, 2.24) is 25.4 Å². The molecular formula is C21H32N6S. The van der Waals surface area contributed by atoms with Gasteiger partial charge in [0.15, 0.2) is 5.96 Å². The van der Waals surface area contributed by atoms with Gasteiger partial charge in [-0.15, -0.1) is 22.0 Å². The van der Waals surface area contributed by atoms with Gasteiger partial charge in [0.1, 0.15) is 11.6 Å². The molecule has 1 aliphatic heterocycles. The van der Waals surface area contributed by atoms with E-state index in [1.54, 1.807) is 0 Å². The van der Waals surface area contributed by atoms with Gasteiger partial charge in [0.25, 0.3) is 0 Å². The number of rotatable bonds is 8. The standard InChI is InChI=1S/C21H32N6S/c1-17(28-18-10-5-3-6-11-18)16-24-21(22-2)23-14-9-13-20-26-25-19-12-7-4-8-15-27(19)20/h3,5-6,10-11,17H,4,7-9,12-16H2,1-2H3,(H2,22,23,24). The third kappa shape index (κ3) is 6.26. The Kier molecular flexibility index (Phi) is 8.21. The first kappa shape index (κ1) is 20.7. The minimum atomic E-state index is 0.465. The Bertz CT molecular complexity index is 743. The maximum Gasteiger partial charge on any atom is 0.191 e. The third-order valence-electron chi connectivity index (χ3n) is 4.92. The number of guanidine groups is 1. The monoisotopic (exact) mass is 400 g/mol. The van der Waals surface area contributed by atoms with Crippen LogP contribution >= 0.6 is 11.8 Å². The van der Waals surface area contributed by atoms with Gasteiger partial charge in [-0.25, -0.2) is 0 Å². The van der Waals surface area contributed by atoms with Gasteiger partial charge in [-0.3, -0.25) is 4.99 Å². The summed E-state index contributed by atoms with van der Waals surface area (Å²) in [6.45, 7) is 5.05. The molecule has 2 aromatic rings. The van der Waals surface area contributed by atoms with E-state index < -0.39 is 0 Å². The van der Waals surface area contributed by atoms with Crippen molar-refractivity contribution < 1.29 is 0 Å². The van der Waals surface area contributed by atoms with Gasteiger partial charge >= 0.3 is 0 Å². The average molecular weight is 401 g/mol. The lowest BCUT2D eigenvalue weighted by molar-refractivity contribution is 0.594. The molecule has 1 aromatic carbocycles. The zero-order chi connectivity index (χ0) is 19.6. The Balaban J connectivity index is 1.36. The lowest BCUT2D eigenvalue weighted by atomic mass is 10.2. The Morgan fingerprint density at radius 1 is 1.18 bits per heavy atom. The van der Waals surface area contributed by atoms with Crippen LogP contribution in [0, 0.1) is 0 Å². The average Bonchev–Trinajstić information content (AvgIpc) is 2.94. The van der Waals surface area contributed by atoms with E-state index in [1.807, 2.05) is 18.8 Å². The summed E-state index contributed by atoms with van der Waals surface area (Å²) in [6.07, 6.45) is 6.83. The van der Waals surface area contributed by atoms with Crippen molar-refractivity contribution in [2.45, 2.75) is 62.1 Å². The van der Waals surface area contributed by atoms with E-state index in [4.69, 9.17) is 0 Å². The van der Waals surface area contributed by atoms with Crippen LogP contribution in [0.15, 0.2) is 40.2 Å². The maximum atomic E-state index is 4.41. The number of nitrogens with zero attached hydrogens (tertiary/aromatic N) is 4. The molecule has 6 nitrogen and oxygen atoms in total. The zero-order valence-electron chi connectivity index (χ0n) is 17.0. The van der Waals surface area contributed by atoms with Crippen molar-refractivity contribution in [1.29, 1.82) is 0 Å². The molecule has 28 heavy (non-hydrogen) atoms. The summed E-state index contributed by atoms with van der Waals surface area (Å²) >= 11 is 1.87. The van der Waals surface area contributed by atoms with Gasteiger partial charge in [-0.1, -0.05) is 31.5 Å². The molecule has 1 atom stereocenters. The highest BCUT2D eigenvalue weighted by molar-refractivity contribution is 8.00. The van der Waals surface area contributed by atoms with Crippen LogP contribution < -0.4 is 10.6 Å². The zero-order valence-corrected chi connectivity index (χ0v) is 17.8. The molecular weight excluding hydrogens is 368 g/mol. The molecule has 1 aromatic heterocycles. The van der Waals surface area contributed by atoms with Crippen molar-refractivity contribution in [3.8, 4) is 0 Å². The summed E-state index contributed by atoms with van der Waals surface area (Å²) in [5.41, 5.74) is 0. The Labute approximate surface area is 172 Å². The molecule has 0 radical (unpaired) electrons. The van der Waals surface area contributed by atoms with Crippen LogP contribution in [-0.4, -0.2) is 46.1 Å². The SMILES string of the molecule is CN=C(NCCCc1nnc2n1CCCCC2)NCC(C)Sc1ccccc1. The van der Waals surface area contributed by atoms with E-state index in [-0.39, 0.29) is 0 Å². The second kappa shape index (κ2) is 11.1. The number of fused-ring (bicyclic) bond motifs is 1. The molecule has 1 unspecified atom stereocenters. The lowest BCUT2D eigenvalue weighted by Crippen LogP contribution is -2.40. The van der Waals surface area contributed by atoms with Crippen LogP contribution in [0.5, 0.6) is 0 Å². The molecule has 0 saturated carbocycles. The molecule has 0 spiro atoms. The van der Waals surface area contributed by atoms with E-state index in [1.165, 1.54) is 30.0 Å². The topological polar surface area (TPSA) is 67.1 Å². The van der Waals surface area contributed by atoms with E-state index >= 15 is 0 Å². The highest BCUT2D eigenvalue weighted by atomic mass is 32.2. The normalized spacial score (nSPS) is 15.6. The van der Waals surface area contributed by atoms with Crippen LogP contribution in [0.2, 0.25) is 0 Å². The largest absolute Gasteiger partial charge is 0.356 e. The number of aryl methyl sites for hydroxylation is 2. The Hall–Kier alpha value is -2.02. The highest BCUT2D eigenvalue weighted by Gasteiger charge is 2.14. The minimum Gasteiger partial charge on any atom is -0.356 e. The molecule has 0 bridgehead atoms. The van der Waals surface area contributed by atoms with Crippen molar-refractivity contribution >= 4 is 17.7 Å². The van der Waals surface area contributed by atoms with Crippen LogP contribution in [0.25, 0.3) is 0 Å². The smallest absolute Gasteiger partial charge is 0.191 e. The van der Waals surface area contributed by atoms with Crippen molar-refractivity contribution in [2.75, 3.05) is 20.1 Å². The van der Waals surface area contributed by atoms with Crippen LogP contribution in [0.3, 0.4) is 0 Å². The predicted molar refractivity (Wildman–Crippen MR) is 117 cm³/mol. The fourth-order valence-electron chi connectivity index (χ4n) is 3.42. The number of nitrogens with one attached hydrogen (secondary N) is 2. The molecule has 152 valence electrons. The summed E-state index contributed by atoms with van der Waals surface area (Å²) in [5, 5.41) is 16.1.